The Hall–Kier alpha value is -1.59. The number of rotatable bonds is 2. The molecule has 1 saturated carbocycles. The topological polar surface area (TPSA) is 66.6 Å². The number of piperazine rings is 1. The highest BCUT2D eigenvalue weighted by Crippen LogP contribution is 2.31. The molecule has 0 atom stereocenters. The predicted molar refractivity (Wildman–Crippen MR) is 86.9 cm³/mol. The quantitative estimate of drug-likeness (QED) is 0.891. The molecule has 1 aromatic rings. The van der Waals surface area contributed by atoms with Crippen molar-refractivity contribution in [3.05, 3.63) is 35.9 Å². The Bertz CT molecular complexity index is 538. The van der Waals surface area contributed by atoms with Gasteiger partial charge in [0.05, 0.1) is 5.54 Å². The van der Waals surface area contributed by atoms with Crippen molar-refractivity contribution in [1.82, 2.24) is 9.80 Å². The van der Waals surface area contributed by atoms with E-state index in [1.54, 1.807) is 0 Å². The molecule has 0 spiro atoms. The first kappa shape index (κ1) is 16.8. The summed E-state index contributed by atoms with van der Waals surface area (Å²) in [6.07, 6.45) is 2.61. The fourth-order valence-electron chi connectivity index (χ4n) is 2.96. The molecular formula is C16H22ClN3O2. The van der Waals surface area contributed by atoms with Crippen LogP contribution in [-0.4, -0.2) is 53.3 Å². The van der Waals surface area contributed by atoms with Crippen LogP contribution in [0.3, 0.4) is 0 Å². The summed E-state index contributed by atoms with van der Waals surface area (Å²) in [5, 5.41) is 0. The van der Waals surface area contributed by atoms with Crippen LogP contribution >= 0.6 is 12.4 Å². The second kappa shape index (κ2) is 6.67. The Morgan fingerprint density at radius 3 is 2.00 bits per heavy atom. The SMILES string of the molecule is Cl.NC1(C(=O)N2CCN(C(=O)c3ccccc3)CC2)CCC1. The van der Waals surface area contributed by atoms with Crippen LogP contribution in [0, 0.1) is 0 Å². The summed E-state index contributed by atoms with van der Waals surface area (Å²) >= 11 is 0. The van der Waals surface area contributed by atoms with Gasteiger partial charge >= 0.3 is 0 Å². The Morgan fingerprint density at radius 1 is 0.955 bits per heavy atom. The zero-order chi connectivity index (χ0) is 14.9. The Balaban J connectivity index is 0.00000176. The molecule has 3 rings (SSSR count). The number of hydrogen-bond acceptors (Lipinski definition) is 3. The second-order valence-electron chi connectivity index (χ2n) is 5.96. The first-order valence-corrected chi connectivity index (χ1v) is 7.53. The van der Waals surface area contributed by atoms with Gasteiger partial charge in [-0.25, -0.2) is 0 Å². The fraction of sp³-hybridized carbons (Fsp3) is 0.500. The zero-order valence-electron chi connectivity index (χ0n) is 12.5. The molecule has 0 radical (unpaired) electrons. The van der Waals surface area contributed by atoms with Crippen molar-refractivity contribution >= 4 is 24.2 Å². The van der Waals surface area contributed by atoms with Gasteiger partial charge in [-0.05, 0) is 31.4 Å². The molecule has 1 heterocycles. The molecule has 2 N–H and O–H groups in total. The van der Waals surface area contributed by atoms with E-state index >= 15 is 0 Å². The van der Waals surface area contributed by atoms with E-state index in [9.17, 15) is 9.59 Å². The average Bonchev–Trinajstić information content (AvgIpc) is 2.52. The highest BCUT2D eigenvalue weighted by atomic mass is 35.5. The molecule has 6 heteroatoms. The second-order valence-corrected chi connectivity index (χ2v) is 5.96. The van der Waals surface area contributed by atoms with Crippen molar-refractivity contribution < 1.29 is 9.59 Å². The van der Waals surface area contributed by atoms with Gasteiger partial charge in [0.1, 0.15) is 0 Å². The highest BCUT2D eigenvalue weighted by Gasteiger charge is 2.43. The molecule has 0 aromatic heterocycles. The van der Waals surface area contributed by atoms with Gasteiger partial charge in [-0.1, -0.05) is 18.2 Å². The number of benzene rings is 1. The maximum absolute atomic E-state index is 12.3. The Labute approximate surface area is 136 Å². The Kier molecular flexibility index (Phi) is 5.08. The minimum absolute atomic E-state index is 0. The number of hydrogen-bond donors (Lipinski definition) is 1. The summed E-state index contributed by atoms with van der Waals surface area (Å²) in [5.41, 5.74) is 6.16. The molecule has 22 heavy (non-hydrogen) atoms. The number of carbonyl (C=O) groups excluding carboxylic acids is 2. The molecule has 1 aromatic carbocycles. The maximum atomic E-state index is 12.3. The van der Waals surface area contributed by atoms with Gasteiger partial charge in [-0.15, -0.1) is 12.4 Å². The van der Waals surface area contributed by atoms with Crippen LogP contribution in [0.15, 0.2) is 30.3 Å². The molecule has 0 bridgehead atoms. The minimum atomic E-state index is -0.633. The summed E-state index contributed by atoms with van der Waals surface area (Å²) in [6, 6.07) is 9.27. The van der Waals surface area contributed by atoms with Crippen molar-refractivity contribution in [1.29, 1.82) is 0 Å². The van der Waals surface area contributed by atoms with Crippen LogP contribution in [-0.2, 0) is 4.79 Å². The molecule has 1 aliphatic carbocycles. The van der Waals surface area contributed by atoms with Crippen LogP contribution < -0.4 is 5.73 Å². The molecule has 0 unspecified atom stereocenters. The normalized spacial score (nSPS) is 19.9. The van der Waals surface area contributed by atoms with Crippen molar-refractivity contribution in [2.24, 2.45) is 5.73 Å². The highest BCUT2D eigenvalue weighted by molar-refractivity contribution is 5.94. The number of nitrogens with zero attached hydrogens (tertiary/aromatic N) is 2. The van der Waals surface area contributed by atoms with Gasteiger partial charge in [0, 0.05) is 31.7 Å². The van der Waals surface area contributed by atoms with E-state index in [1.165, 1.54) is 0 Å². The van der Waals surface area contributed by atoms with E-state index in [0.29, 0.717) is 31.7 Å². The lowest BCUT2D eigenvalue weighted by atomic mass is 9.76. The fourth-order valence-corrected chi connectivity index (χ4v) is 2.96. The molecule has 2 fully saturated rings. The molecule has 2 aliphatic rings. The first-order valence-electron chi connectivity index (χ1n) is 7.53. The van der Waals surface area contributed by atoms with Gasteiger partial charge in [-0.2, -0.15) is 0 Å². The maximum Gasteiger partial charge on any atom is 0.253 e. The van der Waals surface area contributed by atoms with E-state index in [-0.39, 0.29) is 24.2 Å². The third kappa shape index (κ3) is 3.10. The molecule has 5 nitrogen and oxygen atoms in total. The standard InChI is InChI=1S/C16H21N3O2.ClH/c17-16(7-4-8-16)15(21)19-11-9-18(10-12-19)14(20)13-5-2-1-3-6-13;/h1-3,5-6H,4,7-12,17H2;1H. The van der Waals surface area contributed by atoms with Crippen molar-refractivity contribution in [3.63, 3.8) is 0 Å². The van der Waals surface area contributed by atoms with Crippen LogP contribution in [0.4, 0.5) is 0 Å². The molecule has 2 amide bonds. The number of amides is 2. The van der Waals surface area contributed by atoms with Crippen LogP contribution in [0.25, 0.3) is 0 Å². The summed E-state index contributed by atoms with van der Waals surface area (Å²) in [6.45, 7) is 2.32. The van der Waals surface area contributed by atoms with Crippen LogP contribution in [0.1, 0.15) is 29.6 Å². The van der Waals surface area contributed by atoms with Gasteiger partial charge in [-0.3, -0.25) is 9.59 Å². The first-order chi connectivity index (χ1) is 10.1. The smallest absolute Gasteiger partial charge is 0.253 e. The Morgan fingerprint density at radius 2 is 1.50 bits per heavy atom. The summed E-state index contributed by atoms with van der Waals surface area (Å²) in [4.78, 5) is 28.3. The largest absolute Gasteiger partial charge is 0.338 e. The lowest BCUT2D eigenvalue weighted by Gasteiger charge is -2.43. The van der Waals surface area contributed by atoms with Gasteiger partial charge in [0.15, 0.2) is 0 Å². The monoisotopic (exact) mass is 323 g/mol. The number of halogens is 1. The minimum Gasteiger partial charge on any atom is -0.338 e. The third-order valence-corrected chi connectivity index (χ3v) is 4.55. The third-order valence-electron chi connectivity index (χ3n) is 4.55. The summed E-state index contributed by atoms with van der Waals surface area (Å²) < 4.78 is 0. The van der Waals surface area contributed by atoms with Gasteiger partial charge < -0.3 is 15.5 Å². The lowest BCUT2D eigenvalue weighted by molar-refractivity contribution is -0.141. The molecule has 1 saturated heterocycles. The summed E-state index contributed by atoms with van der Waals surface area (Å²) in [5.74, 6) is 0.0920. The van der Waals surface area contributed by atoms with Gasteiger partial charge in [0.25, 0.3) is 5.91 Å². The van der Waals surface area contributed by atoms with E-state index in [0.717, 1.165) is 19.3 Å². The van der Waals surface area contributed by atoms with Crippen molar-refractivity contribution in [2.45, 2.75) is 24.8 Å². The number of carbonyl (C=O) groups is 2. The number of nitrogens with two attached hydrogens (primary N) is 1. The average molecular weight is 324 g/mol. The van der Waals surface area contributed by atoms with Crippen molar-refractivity contribution in [2.75, 3.05) is 26.2 Å². The summed E-state index contributed by atoms with van der Waals surface area (Å²) in [7, 11) is 0. The van der Waals surface area contributed by atoms with Gasteiger partial charge in [0.2, 0.25) is 5.91 Å². The molecular weight excluding hydrogens is 302 g/mol. The predicted octanol–water partition coefficient (Wildman–Crippen LogP) is 1.27. The zero-order valence-corrected chi connectivity index (χ0v) is 13.3. The molecule has 120 valence electrons. The molecule has 1 aliphatic heterocycles. The van der Waals surface area contributed by atoms with E-state index in [4.69, 9.17) is 5.73 Å². The van der Waals surface area contributed by atoms with E-state index in [2.05, 4.69) is 0 Å². The van der Waals surface area contributed by atoms with E-state index < -0.39 is 5.54 Å². The van der Waals surface area contributed by atoms with Crippen LogP contribution in [0.5, 0.6) is 0 Å². The lowest BCUT2D eigenvalue weighted by Crippen LogP contribution is -2.62. The van der Waals surface area contributed by atoms with Crippen LogP contribution in [0.2, 0.25) is 0 Å². The van der Waals surface area contributed by atoms with Crippen molar-refractivity contribution in [3.8, 4) is 0 Å². The van der Waals surface area contributed by atoms with E-state index in [1.807, 2.05) is 40.1 Å².